The highest BCUT2D eigenvalue weighted by Gasteiger charge is 2.30. The van der Waals surface area contributed by atoms with Crippen molar-refractivity contribution in [1.82, 2.24) is 0 Å². The first kappa shape index (κ1) is 16.9. The van der Waals surface area contributed by atoms with Crippen LogP contribution in [0.5, 0.6) is 0 Å². The molecule has 0 aliphatic rings. The summed E-state index contributed by atoms with van der Waals surface area (Å²) in [5.74, 6) is 0. The first-order valence-corrected chi connectivity index (χ1v) is 6.30. The Kier molecular flexibility index (Phi) is 4.63. The zero-order chi connectivity index (χ0) is 17.1. The molecular formula is C15H10F6N2. The molecule has 0 saturated heterocycles. The van der Waals surface area contributed by atoms with Gasteiger partial charge in [0.1, 0.15) is 0 Å². The molecule has 2 rings (SSSR count). The van der Waals surface area contributed by atoms with Crippen molar-refractivity contribution < 1.29 is 26.3 Å². The van der Waals surface area contributed by atoms with Crippen molar-refractivity contribution in [3.8, 4) is 0 Å². The van der Waals surface area contributed by atoms with Crippen molar-refractivity contribution in [2.45, 2.75) is 12.4 Å². The lowest BCUT2D eigenvalue weighted by atomic mass is 10.1. The highest BCUT2D eigenvalue weighted by molar-refractivity contribution is 5.80. The largest absolute Gasteiger partial charge is 0.416 e. The number of anilines is 1. The van der Waals surface area contributed by atoms with E-state index in [-0.39, 0.29) is 0 Å². The first-order valence-electron chi connectivity index (χ1n) is 6.30. The molecule has 2 aromatic carbocycles. The van der Waals surface area contributed by atoms with E-state index in [4.69, 9.17) is 0 Å². The van der Waals surface area contributed by atoms with Gasteiger partial charge in [-0.3, -0.25) is 5.43 Å². The molecule has 0 aliphatic heterocycles. The van der Waals surface area contributed by atoms with Crippen molar-refractivity contribution in [3.63, 3.8) is 0 Å². The number of nitrogens with zero attached hydrogens (tertiary/aromatic N) is 1. The molecule has 0 amide bonds. The van der Waals surface area contributed by atoms with Crippen LogP contribution in [0, 0.1) is 0 Å². The summed E-state index contributed by atoms with van der Waals surface area (Å²) in [4.78, 5) is 0. The van der Waals surface area contributed by atoms with Crippen LogP contribution in [0.25, 0.3) is 0 Å². The molecular weight excluding hydrogens is 322 g/mol. The molecule has 122 valence electrons. The minimum absolute atomic E-state index is 0.321. The van der Waals surface area contributed by atoms with E-state index in [1.165, 1.54) is 30.5 Å². The fourth-order valence-electron chi connectivity index (χ4n) is 1.67. The summed E-state index contributed by atoms with van der Waals surface area (Å²) in [5.41, 5.74) is 1.68. The van der Waals surface area contributed by atoms with Crippen molar-refractivity contribution in [2.24, 2.45) is 5.10 Å². The number of hydrazone groups is 1. The molecule has 1 N–H and O–H groups in total. The van der Waals surface area contributed by atoms with E-state index in [0.717, 1.165) is 24.3 Å². The maximum absolute atomic E-state index is 12.4. The quantitative estimate of drug-likeness (QED) is 0.468. The van der Waals surface area contributed by atoms with Gasteiger partial charge >= 0.3 is 12.4 Å². The van der Waals surface area contributed by atoms with Crippen molar-refractivity contribution >= 4 is 11.9 Å². The maximum atomic E-state index is 12.4. The van der Waals surface area contributed by atoms with E-state index < -0.39 is 23.5 Å². The fraction of sp³-hybridized carbons (Fsp3) is 0.133. The molecule has 0 fully saturated rings. The van der Waals surface area contributed by atoms with E-state index in [1.807, 2.05) is 0 Å². The Bertz CT molecular complexity index is 669. The van der Waals surface area contributed by atoms with Gasteiger partial charge < -0.3 is 0 Å². The average Bonchev–Trinajstić information content (AvgIpc) is 2.46. The van der Waals surface area contributed by atoms with Crippen LogP contribution in [-0.2, 0) is 12.4 Å². The van der Waals surface area contributed by atoms with Gasteiger partial charge in [0.15, 0.2) is 0 Å². The Balaban J connectivity index is 1.99. The highest BCUT2D eigenvalue weighted by atomic mass is 19.4. The van der Waals surface area contributed by atoms with Crippen molar-refractivity contribution in [3.05, 3.63) is 65.2 Å². The summed E-state index contributed by atoms with van der Waals surface area (Å²) in [5, 5.41) is 3.76. The number of rotatable bonds is 3. The average molecular weight is 332 g/mol. The van der Waals surface area contributed by atoms with E-state index in [2.05, 4.69) is 10.5 Å². The van der Waals surface area contributed by atoms with Crippen molar-refractivity contribution in [1.29, 1.82) is 0 Å². The lowest BCUT2D eigenvalue weighted by molar-refractivity contribution is -0.138. The molecule has 0 bridgehead atoms. The second-order valence-electron chi connectivity index (χ2n) is 4.56. The van der Waals surface area contributed by atoms with Gasteiger partial charge in [-0.15, -0.1) is 0 Å². The summed E-state index contributed by atoms with van der Waals surface area (Å²) >= 11 is 0. The van der Waals surface area contributed by atoms with Crippen LogP contribution in [-0.4, -0.2) is 6.21 Å². The van der Waals surface area contributed by atoms with Gasteiger partial charge in [0, 0.05) is 0 Å². The lowest BCUT2D eigenvalue weighted by Crippen LogP contribution is -2.04. The van der Waals surface area contributed by atoms with Crippen LogP contribution in [0.4, 0.5) is 32.0 Å². The Labute approximate surface area is 127 Å². The zero-order valence-electron chi connectivity index (χ0n) is 11.4. The topological polar surface area (TPSA) is 24.4 Å². The van der Waals surface area contributed by atoms with Gasteiger partial charge in [0.2, 0.25) is 0 Å². The third-order valence-corrected chi connectivity index (χ3v) is 2.86. The molecule has 0 aliphatic carbocycles. The summed E-state index contributed by atoms with van der Waals surface area (Å²) in [6.07, 6.45) is -7.56. The van der Waals surface area contributed by atoms with Crippen LogP contribution >= 0.6 is 0 Å². The molecule has 2 nitrogen and oxygen atoms in total. The molecule has 0 saturated carbocycles. The molecule has 8 heteroatoms. The standard InChI is InChI=1S/C15H10F6N2/c16-14(17,18)11-3-1-10(2-4-11)9-22-23-13-7-5-12(6-8-13)15(19,20)21/h1-9,23H/b22-9-. The molecule has 0 radical (unpaired) electrons. The minimum Gasteiger partial charge on any atom is -0.279 e. The number of hydrogen-bond donors (Lipinski definition) is 1. The summed E-state index contributed by atoms with van der Waals surface area (Å²) in [6.45, 7) is 0. The normalized spacial score (nSPS) is 12.6. The van der Waals surface area contributed by atoms with Gasteiger partial charge in [-0.2, -0.15) is 31.4 Å². The predicted molar refractivity (Wildman–Crippen MR) is 74.1 cm³/mol. The molecule has 23 heavy (non-hydrogen) atoms. The molecule has 0 aromatic heterocycles. The summed E-state index contributed by atoms with van der Waals surface area (Å²) in [7, 11) is 0. The number of halogens is 6. The highest BCUT2D eigenvalue weighted by Crippen LogP contribution is 2.30. The Morgan fingerprint density at radius 3 is 1.57 bits per heavy atom. The molecule has 0 spiro atoms. The van der Waals surface area contributed by atoms with Crippen LogP contribution in [0.15, 0.2) is 53.6 Å². The third-order valence-electron chi connectivity index (χ3n) is 2.86. The van der Waals surface area contributed by atoms with E-state index >= 15 is 0 Å². The SMILES string of the molecule is FC(F)(F)c1ccc(/C=N\Nc2ccc(C(F)(F)F)cc2)cc1. The molecule has 2 aromatic rings. The van der Waals surface area contributed by atoms with Gasteiger partial charge in [-0.1, -0.05) is 12.1 Å². The van der Waals surface area contributed by atoms with Gasteiger partial charge in [-0.25, -0.2) is 0 Å². The van der Waals surface area contributed by atoms with Crippen LogP contribution in [0.3, 0.4) is 0 Å². The fourth-order valence-corrected chi connectivity index (χ4v) is 1.67. The second kappa shape index (κ2) is 6.31. The molecule has 0 unspecified atom stereocenters. The van der Waals surface area contributed by atoms with Crippen molar-refractivity contribution in [2.75, 3.05) is 5.43 Å². The predicted octanol–water partition coefficient (Wildman–Crippen LogP) is 5.17. The summed E-state index contributed by atoms with van der Waals surface area (Å²) in [6, 6.07) is 8.51. The van der Waals surface area contributed by atoms with E-state index in [9.17, 15) is 26.3 Å². The lowest BCUT2D eigenvalue weighted by Gasteiger charge is -2.07. The van der Waals surface area contributed by atoms with Gasteiger partial charge in [0.25, 0.3) is 0 Å². The van der Waals surface area contributed by atoms with E-state index in [0.29, 0.717) is 11.3 Å². The second-order valence-corrected chi connectivity index (χ2v) is 4.56. The van der Waals surface area contributed by atoms with Gasteiger partial charge in [-0.05, 0) is 42.0 Å². The van der Waals surface area contributed by atoms with Crippen LogP contribution < -0.4 is 5.43 Å². The number of benzene rings is 2. The molecule has 0 atom stereocenters. The number of nitrogens with one attached hydrogen (secondary N) is 1. The third kappa shape index (κ3) is 4.73. The maximum Gasteiger partial charge on any atom is 0.416 e. The van der Waals surface area contributed by atoms with Gasteiger partial charge in [0.05, 0.1) is 23.0 Å². The monoisotopic (exact) mass is 332 g/mol. The summed E-state index contributed by atoms with van der Waals surface area (Å²) < 4.78 is 74.3. The molecule has 0 heterocycles. The van der Waals surface area contributed by atoms with Crippen LogP contribution in [0.1, 0.15) is 16.7 Å². The Hall–Kier alpha value is -2.51. The zero-order valence-corrected chi connectivity index (χ0v) is 11.4. The van der Waals surface area contributed by atoms with E-state index in [1.54, 1.807) is 0 Å². The number of alkyl halides is 6. The Morgan fingerprint density at radius 2 is 1.13 bits per heavy atom. The minimum atomic E-state index is -4.41. The van der Waals surface area contributed by atoms with Crippen LogP contribution in [0.2, 0.25) is 0 Å². The first-order chi connectivity index (χ1) is 10.7. The smallest absolute Gasteiger partial charge is 0.279 e. The number of hydrogen-bond acceptors (Lipinski definition) is 2. The Morgan fingerprint density at radius 1 is 0.696 bits per heavy atom.